The van der Waals surface area contributed by atoms with Gasteiger partial charge in [-0.3, -0.25) is 14.5 Å². The number of rotatable bonds is 5. The standard InChI is InChI=1S/C15H27N3O2.U/c1-7-13-9-8-10(2)18(13)15(20)11(3)16-14(19)12(4)17(5)6;/h10-13H,1,3,7-9H2,2,4-6H3,(H,16,19);/q-2;+2/t10-,11+,12?,13+;/m1./s1. The number of likely N-dealkylation sites (tertiary alicyclic amines) is 1. The second-order valence-corrected chi connectivity index (χ2v) is 5.82. The molecule has 2 amide bonds. The van der Waals surface area contributed by atoms with E-state index in [1.165, 1.54) is 0 Å². The largest absolute Gasteiger partial charge is 2.00 e. The third-order valence-electron chi connectivity index (χ3n) is 4.14. The van der Waals surface area contributed by atoms with Crippen LogP contribution in [-0.2, 0) is 9.59 Å². The number of carbonyl (C=O) groups excluding carboxylic acids is 2. The van der Waals surface area contributed by atoms with E-state index in [0.717, 1.165) is 12.8 Å². The van der Waals surface area contributed by atoms with Gasteiger partial charge < -0.3 is 24.1 Å². The number of hydrogen-bond acceptors (Lipinski definition) is 3. The minimum absolute atomic E-state index is 0. The van der Waals surface area contributed by atoms with Gasteiger partial charge in [0.25, 0.3) is 0 Å². The molecule has 1 unspecified atom stereocenters. The molecule has 0 saturated carbocycles. The summed E-state index contributed by atoms with van der Waals surface area (Å²) in [6.45, 7) is 11.5. The molecule has 1 N–H and O–H groups in total. The van der Waals surface area contributed by atoms with E-state index < -0.39 is 6.04 Å². The molecule has 1 aliphatic heterocycles. The average molecular weight is 519 g/mol. The molecule has 4 atom stereocenters. The SMILES string of the molecule is [CH2-]C[C@H]1CC[C@@H](C)N1C(=O)[C@H]([CH2-])NC(=O)C(C)N(C)C.[U+2]. The molecule has 1 rings (SSSR count). The fraction of sp³-hybridized carbons (Fsp3) is 0.733. The number of carbonyl (C=O) groups is 2. The molecule has 0 aromatic rings. The molecular formula is C15H27N3O2U. The van der Waals surface area contributed by atoms with Crippen molar-refractivity contribution in [2.75, 3.05) is 14.1 Å². The summed E-state index contributed by atoms with van der Waals surface area (Å²) in [6, 6.07) is -0.655. The summed E-state index contributed by atoms with van der Waals surface area (Å²) < 4.78 is 0. The number of amides is 2. The Morgan fingerprint density at radius 2 is 1.95 bits per heavy atom. The van der Waals surface area contributed by atoms with Crippen LogP contribution in [0.25, 0.3) is 0 Å². The van der Waals surface area contributed by atoms with Crippen LogP contribution >= 0.6 is 0 Å². The van der Waals surface area contributed by atoms with E-state index in [-0.39, 0.29) is 61.1 Å². The smallest absolute Gasteiger partial charge is 0.373 e. The molecule has 1 aliphatic rings. The zero-order valence-corrected chi connectivity index (χ0v) is 17.7. The van der Waals surface area contributed by atoms with Crippen LogP contribution < -0.4 is 5.32 Å². The van der Waals surface area contributed by atoms with Crippen molar-refractivity contribution < 1.29 is 40.7 Å². The van der Waals surface area contributed by atoms with E-state index in [4.69, 9.17) is 0 Å². The Bertz CT molecular complexity index is 363. The maximum absolute atomic E-state index is 12.5. The molecule has 0 aromatic carbocycles. The van der Waals surface area contributed by atoms with E-state index in [0.29, 0.717) is 6.42 Å². The van der Waals surface area contributed by atoms with E-state index in [1.807, 2.05) is 25.9 Å². The summed E-state index contributed by atoms with van der Waals surface area (Å²) in [5, 5.41) is 2.70. The Balaban J connectivity index is 0.00000400. The van der Waals surface area contributed by atoms with Crippen LogP contribution in [0.3, 0.4) is 0 Å². The molecule has 118 valence electrons. The van der Waals surface area contributed by atoms with Gasteiger partial charge in [0.15, 0.2) is 0 Å². The van der Waals surface area contributed by atoms with Crippen molar-refractivity contribution >= 4 is 11.8 Å². The Kier molecular flexibility index (Phi) is 9.15. The fourth-order valence-corrected chi connectivity index (χ4v) is 2.52. The number of likely N-dealkylation sites (N-methyl/N-ethyl adjacent to an activating group) is 1. The normalized spacial score (nSPS) is 24.4. The first-order chi connectivity index (χ1) is 9.29. The van der Waals surface area contributed by atoms with Gasteiger partial charge in [-0.25, -0.2) is 0 Å². The van der Waals surface area contributed by atoms with E-state index >= 15 is 0 Å². The quantitative estimate of drug-likeness (QED) is 0.549. The summed E-state index contributed by atoms with van der Waals surface area (Å²) in [5.41, 5.74) is 0. The Morgan fingerprint density at radius 3 is 2.43 bits per heavy atom. The van der Waals surface area contributed by atoms with Crippen molar-refractivity contribution in [2.45, 2.75) is 57.3 Å². The van der Waals surface area contributed by atoms with Crippen LogP contribution in [0.5, 0.6) is 0 Å². The zero-order chi connectivity index (χ0) is 15.4. The maximum Gasteiger partial charge on any atom is 2.00 e. The Morgan fingerprint density at radius 1 is 1.38 bits per heavy atom. The van der Waals surface area contributed by atoms with Crippen LogP contribution in [0, 0.1) is 45.0 Å². The minimum atomic E-state index is -0.737. The third kappa shape index (κ3) is 5.26. The van der Waals surface area contributed by atoms with Gasteiger partial charge in [-0.15, -0.1) is 0 Å². The summed E-state index contributed by atoms with van der Waals surface area (Å²) in [6.07, 6.45) is 2.66. The molecule has 1 saturated heterocycles. The van der Waals surface area contributed by atoms with E-state index in [9.17, 15) is 9.59 Å². The van der Waals surface area contributed by atoms with Gasteiger partial charge in [0.1, 0.15) is 0 Å². The Labute approximate surface area is 152 Å². The summed E-state index contributed by atoms with van der Waals surface area (Å²) in [5.74, 6) is -0.288. The summed E-state index contributed by atoms with van der Waals surface area (Å²) in [4.78, 5) is 28.1. The molecule has 21 heavy (non-hydrogen) atoms. The maximum atomic E-state index is 12.5. The first-order valence-corrected chi connectivity index (χ1v) is 7.20. The van der Waals surface area contributed by atoms with Gasteiger partial charge in [-0.05, 0) is 46.8 Å². The molecule has 0 bridgehead atoms. The molecule has 6 heteroatoms. The van der Waals surface area contributed by atoms with Crippen molar-refractivity contribution in [3.8, 4) is 0 Å². The van der Waals surface area contributed by atoms with Crippen molar-refractivity contribution in [3.63, 3.8) is 0 Å². The fourth-order valence-electron chi connectivity index (χ4n) is 2.52. The van der Waals surface area contributed by atoms with Crippen LogP contribution in [0.15, 0.2) is 0 Å². The summed E-state index contributed by atoms with van der Waals surface area (Å²) >= 11 is 0. The van der Waals surface area contributed by atoms with Crippen molar-refractivity contribution in [1.29, 1.82) is 0 Å². The molecule has 5 nitrogen and oxygen atoms in total. The molecule has 0 aliphatic carbocycles. The second-order valence-electron chi connectivity index (χ2n) is 5.82. The van der Waals surface area contributed by atoms with Crippen LogP contribution in [0.4, 0.5) is 0 Å². The topological polar surface area (TPSA) is 52.7 Å². The third-order valence-corrected chi connectivity index (χ3v) is 4.14. The van der Waals surface area contributed by atoms with Gasteiger partial charge in [0.05, 0.1) is 6.04 Å². The number of nitrogens with zero attached hydrogens (tertiary/aromatic N) is 2. The first-order valence-electron chi connectivity index (χ1n) is 7.20. The summed E-state index contributed by atoms with van der Waals surface area (Å²) in [7, 11) is 3.65. The minimum Gasteiger partial charge on any atom is -0.373 e. The monoisotopic (exact) mass is 519 g/mol. The van der Waals surface area contributed by atoms with Crippen molar-refractivity contribution in [1.82, 2.24) is 15.1 Å². The molecule has 0 aromatic heterocycles. The van der Waals surface area contributed by atoms with Crippen LogP contribution in [-0.4, -0.2) is 59.9 Å². The Hall–Kier alpha value is -0.0481. The predicted molar refractivity (Wildman–Crippen MR) is 79.7 cm³/mol. The predicted octanol–water partition coefficient (Wildman–Crippen LogP) is 0.859. The second kappa shape index (κ2) is 9.17. The van der Waals surface area contributed by atoms with Gasteiger partial charge in [0.2, 0.25) is 11.8 Å². The molecule has 0 radical (unpaired) electrons. The van der Waals surface area contributed by atoms with Crippen molar-refractivity contribution in [2.24, 2.45) is 0 Å². The molecule has 0 spiro atoms. The van der Waals surface area contributed by atoms with Crippen LogP contribution in [0.1, 0.15) is 33.1 Å². The van der Waals surface area contributed by atoms with E-state index in [1.54, 1.807) is 11.8 Å². The van der Waals surface area contributed by atoms with E-state index in [2.05, 4.69) is 19.2 Å². The number of nitrogens with one attached hydrogen (secondary N) is 1. The molecule has 1 fully saturated rings. The van der Waals surface area contributed by atoms with Crippen molar-refractivity contribution in [3.05, 3.63) is 13.8 Å². The van der Waals surface area contributed by atoms with Gasteiger partial charge in [-0.1, -0.05) is 0 Å². The number of hydrogen-bond donors (Lipinski definition) is 1. The first kappa shape index (κ1) is 21.0. The van der Waals surface area contributed by atoms with Gasteiger partial charge in [0, 0.05) is 12.1 Å². The van der Waals surface area contributed by atoms with Gasteiger partial charge >= 0.3 is 31.1 Å². The molecular weight excluding hydrogens is 492 g/mol. The zero-order valence-electron chi connectivity index (χ0n) is 13.6. The molecule has 1 heterocycles. The average Bonchev–Trinajstić information content (AvgIpc) is 2.77. The van der Waals surface area contributed by atoms with Crippen LogP contribution in [0.2, 0.25) is 0 Å². The van der Waals surface area contributed by atoms with Gasteiger partial charge in [-0.2, -0.15) is 6.42 Å².